The summed E-state index contributed by atoms with van der Waals surface area (Å²) in [6.07, 6.45) is 7.15. The molecule has 0 atom stereocenters. The summed E-state index contributed by atoms with van der Waals surface area (Å²) in [5.74, 6) is 0.119. The summed E-state index contributed by atoms with van der Waals surface area (Å²) >= 11 is 0. The van der Waals surface area contributed by atoms with Gasteiger partial charge in [-0.25, -0.2) is 9.59 Å². The van der Waals surface area contributed by atoms with Gasteiger partial charge in [0, 0.05) is 17.6 Å². The molecule has 0 spiro atoms. The van der Waals surface area contributed by atoms with Gasteiger partial charge in [-0.2, -0.15) is 0 Å². The molecule has 0 unspecified atom stereocenters. The molecule has 4 nitrogen and oxygen atoms in total. The number of benzene rings is 4. The zero-order chi connectivity index (χ0) is 26.8. The first-order valence-corrected chi connectivity index (χ1v) is 12.6. The molecule has 38 heavy (non-hydrogen) atoms. The third-order valence-corrected chi connectivity index (χ3v) is 6.55. The lowest BCUT2D eigenvalue weighted by Crippen LogP contribution is -2.22. The quantitative estimate of drug-likeness (QED) is 0.134. The maximum atomic E-state index is 12.2. The molecule has 0 saturated carbocycles. The Balaban J connectivity index is 1.39. The van der Waals surface area contributed by atoms with E-state index in [9.17, 15) is 9.59 Å². The van der Waals surface area contributed by atoms with E-state index < -0.39 is 11.9 Å². The third-order valence-electron chi connectivity index (χ3n) is 6.55. The van der Waals surface area contributed by atoms with E-state index in [0.717, 1.165) is 28.7 Å². The Hall–Kier alpha value is -4.70. The molecule has 0 N–H and O–H groups in total. The minimum absolute atomic E-state index is 0.272. The van der Waals surface area contributed by atoms with Crippen molar-refractivity contribution in [3.8, 4) is 11.5 Å². The highest BCUT2D eigenvalue weighted by atomic mass is 16.5. The lowest BCUT2D eigenvalue weighted by Gasteiger charge is -2.30. The topological polar surface area (TPSA) is 52.6 Å². The number of hydrogen-bond donors (Lipinski definition) is 0. The zero-order valence-electron chi connectivity index (χ0n) is 21.5. The van der Waals surface area contributed by atoms with Gasteiger partial charge in [-0.15, -0.1) is 0 Å². The highest BCUT2D eigenvalue weighted by molar-refractivity contribution is 5.89. The molecular weight excluding hydrogens is 472 g/mol. The van der Waals surface area contributed by atoms with Crippen molar-refractivity contribution in [3.05, 3.63) is 144 Å². The predicted octanol–water partition coefficient (Wildman–Crippen LogP) is 7.64. The average molecular weight is 503 g/mol. The molecule has 0 aromatic heterocycles. The van der Waals surface area contributed by atoms with Gasteiger partial charge in [0.2, 0.25) is 0 Å². The van der Waals surface area contributed by atoms with Gasteiger partial charge in [0.1, 0.15) is 11.5 Å². The Bertz CT molecular complexity index is 1290. The molecule has 4 aromatic carbocycles. The molecule has 190 valence electrons. The van der Waals surface area contributed by atoms with Crippen molar-refractivity contribution in [1.82, 2.24) is 0 Å². The molecule has 4 aromatic rings. The summed E-state index contributed by atoms with van der Waals surface area (Å²) in [5.41, 5.74) is 3.78. The molecule has 0 aliphatic rings. The highest BCUT2D eigenvalue weighted by Crippen LogP contribution is 2.36. The van der Waals surface area contributed by atoms with E-state index in [4.69, 9.17) is 9.47 Å². The number of carbonyl (C=O) groups excluding carboxylic acids is 2. The van der Waals surface area contributed by atoms with Gasteiger partial charge < -0.3 is 9.47 Å². The first-order valence-electron chi connectivity index (χ1n) is 12.6. The van der Waals surface area contributed by atoms with Crippen LogP contribution in [0.15, 0.2) is 121 Å². The molecule has 0 bridgehead atoms. The molecule has 0 amide bonds. The third kappa shape index (κ3) is 6.95. The van der Waals surface area contributed by atoms with Gasteiger partial charge in [-0.3, -0.25) is 0 Å². The number of carbonyl (C=O) groups is 2. The molecule has 0 heterocycles. The Morgan fingerprint density at radius 3 is 1.32 bits per heavy atom. The molecule has 4 heteroatoms. The van der Waals surface area contributed by atoms with Crippen LogP contribution in [0.3, 0.4) is 0 Å². The van der Waals surface area contributed by atoms with Crippen molar-refractivity contribution in [3.63, 3.8) is 0 Å². The Morgan fingerprint density at radius 1 is 0.605 bits per heavy atom. The lowest BCUT2D eigenvalue weighted by molar-refractivity contribution is -0.129. The summed E-state index contributed by atoms with van der Waals surface area (Å²) in [6, 6.07) is 34.4. The average Bonchev–Trinajstić information content (AvgIpc) is 2.96. The van der Waals surface area contributed by atoms with Crippen molar-refractivity contribution < 1.29 is 19.1 Å². The first kappa shape index (κ1) is 26.4. The van der Waals surface area contributed by atoms with Crippen molar-refractivity contribution in [2.24, 2.45) is 0 Å². The second-order valence-electron chi connectivity index (χ2n) is 9.06. The number of esters is 2. The van der Waals surface area contributed by atoms with Crippen LogP contribution in [0.5, 0.6) is 11.5 Å². The van der Waals surface area contributed by atoms with Crippen LogP contribution in [0.1, 0.15) is 42.5 Å². The van der Waals surface area contributed by atoms with E-state index in [1.165, 1.54) is 12.2 Å². The lowest BCUT2D eigenvalue weighted by atomic mass is 9.74. The summed E-state index contributed by atoms with van der Waals surface area (Å²) in [4.78, 5) is 24.4. The number of rotatable bonds is 9. The molecule has 0 fully saturated rings. The van der Waals surface area contributed by atoms with Crippen molar-refractivity contribution in [2.75, 3.05) is 0 Å². The van der Waals surface area contributed by atoms with E-state index in [0.29, 0.717) is 11.5 Å². The van der Waals surface area contributed by atoms with Gasteiger partial charge in [0.15, 0.2) is 0 Å². The molecule has 0 radical (unpaired) electrons. The minimum Gasteiger partial charge on any atom is -0.423 e. The summed E-state index contributed by atoms with van der Waals surface area (Å²) in [7, 11) is 0. The summed E-state index contributed by atoms with van der Waals surface area (Å²) in [6.45, 7) is 4.30. The fraction of sp³-hybridized carbons (Fsp3) is 0.118. The molecule has 0 saturated heterocycles. The highest BCUT2D eigenvalue weighted by Gasteiger charge is 2.27. The minimum atomic E-state index is -0.427. The number of hydrogen-bond acceptors (Lipinski definition) is 4. The van der Waals surface area contributed by atoms with E-state index in [1.807, 2.05) is 109 Å². The fourth-order valence-electron chi connectivity index (χ4n) is 4.11. The number of ether oxygens (including phenoxy) is 2. The monoisotopic (exact) mass is 502 g/mol. The van der Waals surface area contributed by atoms with Gasteiger partial charge in [0.05, 0.1) is 0 Å². The van der Waals surface area contributed by atoms with E-state index in [1.54, 1.807) is 12.2 Å². The second-order valence-corrected chi connectivity index (χ2v) is 9.06. The largest absolute Gasteiger partial charge is 0.423 e. The Morgan fingerprint density at radius 2 is 0.974 bits per heavy atom. The fourth-order valence-corrected chi connectivity index (χ4v) is 4.11. The van der Waals surface area contributed by atoms with Crippen LogP contribution in [0.4, 0.5) is 0 Å². The van der Waals surface area contributed by atoms with Crippen LogP contribution >= 0.6 is 0 Å². The Labute approximate surface area is 223 Å². The van der Waals surface area contributed by atoms with Crippen LogP contribution < -0.4 is 9.47 Å². The maximum Gasteiger partial charge on any atom is 0.336 e. The second kappa shape index (κ2) is 12.5. The standard InChI is InChI=1S/C34H30O4/c1-3-34(2,28-16-20-30(21-17-28)37-32(35)24-14-26-10-6-4-7-11-26)29-18-22-31(23-19-29)38-33(36)25-15-27-12-8-5-9-13-27/h4-25H,3H2,1-2H3. The normalized spacial score (nSPS) is 12.8. The summed E-state index contributed by atoms with van der Waals surface area (Å²) < 4.78 is 10.9. The van der Waals surface area contributed by atoms with Crippen LogP contribution in [-0.4, -0.2) is 11.9 Å². The Kier molecular flexibility index (Phi) is 8.68. The van der Waals surface area contributed by atoms with Crippen LogP contribution in [0, 0.1) is 0 Å². The van der Waals surface area contributed by atoms with Gasteiger partial charge in [-0.05, 0) is 65.1 Å². The first-order chi connectivity index (χ1) is 18.5. The van der Waals surface area contributed by atoms with E-state index in [2.05, 4.69) is 13.8 Å². The van der Waals surface area contributed by atoms with Crippen molar-refractivity contribution in [2.45, 2.75) is 25.7 Å². The molecular formula is C34H30O4. The zero-order valence-corrected chi connectivity index (χ0v) is 21.5. The van der Waals surface area contributed by atoms with E-state index >= 15 is 0 Å². The SMILES string of the molecule is CCC(C)(c1ccc(OC(=O)C=Cc2ccccc2)cc1)c1ccc(OC(=O)C=Cc2ccccc2)cc1. The van der Waals surface area contributed by atoms with Crippen LogP contribution in [0.2, 0.25) is 0 Å². The molecule has 0 aliphatic carbocycles. The smallest absolute Gasteiger partial charge is 0.336 e. The maximum absolute atomic E-state index is 12.2. The van der Waals surface area contributed by atoms with Crippen molar-refractivity contribution in [1.29, 1.82) is 0 Å². The van der Waals surface area contributed by atoms with Crippen LogP contribution in [-0.2, 0) is 15.0 Å². The van der Waals surface area contributed by atoms with Crippen molar-refractivity contribution >= 4 is 24.1 Å². The molecule has 0 aliphatic heterocycles. The predicted molar refractivity (Wildman–Crippen MR) is 152 cm³/mol. The van der Waals surface area contributed by atoms with Gasteiger partial charge in [0.25, 0.3) is 0 Å². The van der Waals surface area contributed by atoms with Gasteiger partial charge >= 0.3 is 11.9 Å². The van der Waals surface area contributed by atoms with E-state index in [-0.39, 0.29) is 5.41 Å². The molecule has 4 rings (SSSR count). The van der Waals surface area contributed by atoms with Crippen LogP contribution in [0.25, 0.3) is 12.2 Å². The van der Waals surface area contributed by atoms with Gasteiger partial charge in [-0.1, -0.05) is 98.8 Å². The summed E-state index contributed by atoms with van der Waals surface area (Å²) in [5, 5.41) is 0.